The van der Waals surface area contributed by atoms with E-state index in [1.807, 2.05) is 54.7 Å². The van der Waals surface area contributed by atoms with Crippen molar-refractivity contribution < 1.29 is 14.3 Å². The number of rotatable bonds is 4. The molecule has 4 rings (SSSR count). The number of carbonyl (C=O) groups is 2. The van der Waals surface area contributed by atoms with Crippen LogP contribution in [0.4, 0.5) is 11.4 Å². The number of hydrogen-bond donors (Lipinski definition) is 3. The van der Waals surface area contributed by atoms with Crippen molar-refractivity contribution in [2.45, 2.75) is 20.3 Å². The second kappa shape index (κ2) is 8.24. The van der Waals surface area contributed by atoms with E-state index in [2.05, 4.69) is 20.6 Å². The van der Waals surface area contributed by atoms with Crippen LogP contribution in [0.1, 0.15) is 19.4 Å². The standard InChI is InChI=1S/C23H22N4O3/c1-3-30-23(29)21-14(2)25-18-10-6-7-11-19(18)26-22(21)27-20(28)12-15-13-24-17-9-5-4-8-16(15)17/h4-11,13,24-25H,3,12H2,1-2H3,(H,26,27,28). The Balaban J connectivity index is 1.66. The predicted molar refractivity (Wildman–Crippen MR) is 117 cm³/mol. The first-order valence-electron chi connectivity index (χ1n) is 9.74. The molecule has 3 aromatic rings. The van der Waals surface area contributed by atoms with Gasteiger partial charge in [-0.1, -0.05) is 30.3 Å². The number of amidine groups is 1. The molecule has 7 nitrogen and oxygen atoms in total. The molecule has 2 aromatic carbocycles. The van der Waals surface area contributed by atoms with Gasteiger partial charge in [-0.25, -0.2) is 9.79 Å². The van der Waals surface area contributed by atoms with Crippen LogP contribution in [0.3, 0.4) is 0 Å². The number of allylic oxidation sites excluding steroid dienone is 1. The van der Waals surface area contributed by atoms with E-state index in [1.54, 1.807) is 13.8 Å². The van der Waals surface area contributed by atoms with Gasteiger partial charge < -0.3 is 20.4 Å². The summed E-state index contributed by atoms with van der Waals surface area (Å²) in [6, 6.07) is 15.2. The molecule has 0 unspecified atom stereocenters. The Labute approximate surface area is 173 Å². The second-order valence-electron chi connectivity index (χ2n) is 6.91. The van der Waals surface area contributed by atoms with Crippen LogP contribution in [0.5, 0.6) is 0 Å². The van der Waals surface area contributed by atoms with Crippen molar-refractivity contribution in [3.8, 4) is 0 Å². The lowest BCUT2D eigenvalue weighted by molar-refractivity contribution is -0.137. The number of aliphatic imine (C=N–C) groups is 1. The van der Waals surface area contributed by atoms with Gasteiger partial charge in [0, 0.05) is 22.8 Å². The minimum atomic E-state index is -0.540. The average molecular weight is 402 g/mol. The maximum atomic E-state index is 12.9. The van der Waals surface area contributed by atoms with E-state index < -0.39 is 5.97 Å². The number of esters is 1. The number of carbonyl (C=O) groups excluding carboxylic acids is 2. The second-order valence-corrected chi connectivity index (χ2v) is 6.91. The van der Waals surface area contributed by atoms with Gasteiger partial charge in [-0.15, -0.1) is 0 Å². The summed E-state index contributed by atoms with van der Waals surface area (Å²) in [6.45, 7) is 3.72. The Morgan fingerprint density at radius 3 is 2.70 bits per heavy atom. The highest BCUT2D eigenvalue weighted by atomic mass is 16.5. The highest BCUT2D eigenvalue weighted by Gasteiger charge is 2.26. The number of benzene rings is 2. The van der Waals surface area contributed by atoms with E-state index in [-0.39, 0.29) is 30.3 Å². The van der Waals surface area contributed by atoms with Gasteiger partial charge in [-0.05, 0) is 37.6 Å². The normalized spacial score (nSPS) is 13.2. The lowest BCUT2D eigenvalue weighted by atomic mass is 10.1. The summed E-state index contributed by atoms with van der Waals surface area (Å²) >= 11 is 0. The van der Waals surface area contributed by atoms with Crippen LogP contribution in [0, 0.1) is 0 Å². The molecule has 1 aliphatic heterocycles. The van der Waals surface area contributed by atoms with Crippen molar-refractivity contribution in [3.63, 3.8) is 0 Å². The molecule has 3 N–H and O–H groups in total. The number of hydrogen-bond acceptors (Lipinski definition) is 5. The van der Waals surface area contributed by atoms with Crippen molar-refractivity contribution in [2.24, 2.45) is 4.99 Å². The third-order valence-corrected chi connectivity index (χ3v) is 4.83. The zero-order valence-electron chi connectivity index (χ0n) is 16.8. The number of nitrogens with zero attached hydrogens (tertiary/aromatic N) is 1. The number of H-pyrrole nitrogens is 1. The third kappa shape index (κ3) is 3.82. The molecule has 0 saturated carbocycles. The maximum absolute atomic E-state index is 12.9. The number of para-hydroxylation sites is 3. The van der Waals surface area contributed by atoms with Gasteiger partial charge >= 0.3 is 5.97 Å². The van der Waals surface area contributed by atoms with E-state index >= 15 is 0 Å². The minimum absolute atomic E-state index is 0.146. The van der Waals surface area contributed by atoms with E-state index in [0.717, 1.165) is 22.2 Å². The summed E-state index contributed by atoms with van der Waals surface area (Å²) in [7, 11) is 0. The van der Waals surface area contributed by atoms with E-state index in [0.29, 0.717) is 11.4 Å². The molecule has 0 atom stereocenters. The molecule has 1 aromatic heterocycles. The monoisotopic (exact) mass is 402 g/mol. The molecule has 0 bridgehead atoms. The summed E-state index contributed by atoms with van der Waals surface area (Å²) in [5, 5.41) is 7.00. The van der Waals surface area contributed by atoms with E-state index in [9.17, 15) is 9.59 Å². The Morgan fingerprint density at radius 2 is 1.87 bits per heavy atom. The van der Waals surface area contributed by atoms with E-state index in [4.69, 9.17) is 4.74 Å². The number of nitrogens with one attached hydrogen (secondary N) is 3. The molecule has 0 radical (unpaired) electrons. The van der Waals surface area contributed by atoms with Gasteiger partial charge in [0.05, 0.1) is 24.4 Å². The molecule has 1 aliphatic rings. The number of aromatic amines is 1. The summed E-state index contributed by atoms with van der Waals surface area (Å²) in [4.78, 5) is 33.2. The summed E-state index contributed by atoms with van der Waals surface area (Å²) in [5.41, 5.74) is 3.98. The minimum Gasteiger partial charge on any atom is -0.462 e. The zero-order valence-corrected chi connectivity index (χ0v) is 16.8. The van der Waals surface area contributed by atoms with Crippen LogP contribution < -0.4 is 10.6 Å². The van der Waals surface area contributed by atoms with Gasteiger partial charge in [0.1, 0.15) is 11.4 Å². The molecule has 1 amide bonds. The van der Waals surface area contributed by atoms with Crippen molar-refractivity contribution in [2.75, 3.05) is 11.9 Å². The average Bonchev–Trinajstić information content (AvgIpc) is 3.06. The molecule has 2 heterocycles. The summed E-state index contributed by atoms with van der Waals surface area (Å²) < 4.78 is 5.21. The first-order valence-corrected chi connectivity index (χ1v) is 9.74. The van der Waals surface area contributed by atoms with Crippen LogP contribution >= 0.6 is 0 Å². The molecule has 0 aliphatic carbocycles. The van der Waals surface area contributed by atoms with Crippen molar-refractivity contribution in [1.82, 2.24) is 10.3 Å². The van der Waals surface area contributed by atoms with Crippen molar-refractivity contribution in [1.29, 1.82) is 0 Å². The summed E-state index contributed by atoms with van der Waals surface area (Å²) in [5.74, 6) is -0.637. The molecule has 0 spiro atoms. The van der Waals surface area contributed by atoms with Crippen molar-refractivity contribution in [3.05, 3.63) is 71.6 Å². The first-order chi connectivity index (χ1) is 14.6. The van der Waals surface area contributed by atoms with Gasteiger partial charge in [0.15, 0.2) is 0 Å². The molecular weight excluding hydrogens is 380 g/mol. The maximum Gasteiger partial charge on any atom is 0.343 e. The molecular formula is C23H22N4O3. The highest BCUT2D eigenvalue weighted by Crippen LogP contribution is 2.30. The van der Waals surface area contributed by atoms with Gasteiger partial charge in [0.25, 0.3) is 0 Å². The smallest absolute Gasteiger partial charge is 0.343 e. The highest BCUT2D eigenvalue weighted by molar-refractivity contribution is 6.24. The zero-order chi connectivity index (χ0) is 21.1. The molecule has 0 fully saturated rings. The van der Waals surface area contributed by atoms with Gasteiger partial charge in [-0.2, -0.15) is 0 Å². The van der Waals surface area contributed by atoms with Crippen LogP contribution in [0.25, 0.3) is 10.9 Å². The number of anilines is 1. The topological polar surface area (TPSA) is 95.6 Å². The molecule has 152 valence electrons. The molecule has 0 saturated heterocycles. The van der Waals surface area contributed by atoms with Gasteiger partial charge in [0.2, 0.25) is 5.91 Å². The van der Waals surface area contributed by atoms with Crippen LogP contribution in [0.15, 0.2) is 71.0 Å². The summed E-state index contributed by atoms with van der Waals surface area (Å²) in [6.07, 6.45) is 1.97. The quantitative estimate of drug-likeness (QED) is 0.578. The Morgan fingerprint density at radius 1 is 1.10 bits per heavy atom. The third-order valence-electron chi connectivity index (χ3n) is 4.83. The lowest BCUT2D eigenvalue weighted by Gasteiger charge is -2.13. The van der Waals surface area contributed by atoms with Crippen LogP contribution in [0.2, 0.25) is 0 Å². The Hall–Kier alpha value is -3.87. The number of aromatic nitrogens is 1. The largest absolute Gasteiger partial charge is 0.462 e. The number of amides is 1. The lowest BCUT2D eigenvalue weighted by Crippen LogP contribution is -2.36. The van der Waals surface area contributed by atoms with Crippen LogP contribution in [-0.4, -0.2) is 29.3 Å². The molecule has 30 heavy (non-hydrogen) atoms. The fourth-order valence-corrected chi connectivity index (χ4v) is 3.47. The first kappa shape index (κ1) is 19.4. The Bertz CT molecular complexity index is 1190. The fraction of sp³-hybridized carbons (Fsp3) is 0.174. The number of fused-ring (bicyclic) bond motifs is 2. The predicted octanol–water partition coefficient (Wildman–Crippen LogP) is 3.82. The number of ether oxygens (including phenoxy) is 1. The van der Waals surface area contributed by atoms with E-state index in [1.165, 1.54) is 0 Å². The SMILES string of the molecule is CCOC(=O)C1=C(C)Nc2ccccc2N=C1NC(=O)Cc1c[nH]c2ccccc12. The molecule has 7 heteroatoms. The fourth-order valence-electron chi connectivity index (χ4n) is 3.47. The Kier molecular flexibility index (Phi) is 5.34. The van der Waals surface area contributed by atoms with Gasteiger partial charge in [-0.3, -0.25) is 4.79 Å². The van der Waals surface area contributed by atoms with Crippen molar-refractivity contribution >= 4 is 40.0 Å². The van der Waals surface area contributed by atoms with Crippen LogP contribution in [-0.2, 0) is 20.7 Å².